The van der Waals surface area contributed by atoms with Crippen LogP contribution in [-0.2, 0) is 17.8 Å². The van der Waals surface area contributed by atoms with Crippen LogP contribution >= 0.6 is 0 Å². The maximum atomic E-state index is 13.6. The SMILES string of the molecule is Cc1ccc(F)cc1CN1CC[C@@H]2OCCN(Cc3cccnc3)[C@H]2C1. The highest BCUT2D eigenvalue weighted by Crippen LogP contribution is 2.26. The molecule has 0 saturated carbocycles. The van der Waals surface area contributed by atoms with Crippen LogP contribution in [0.15, 0.2) is 42.7 Å². The second kappa shape index (κ2) is 7.82. The number of ether oxygens (including phenoxy) is 1. The lowest BCUT2D eigenvalue weighted by Gasteiger charge is -2.47. The molecule has 0 aliphatic carbocycles. The van der Waals surface area contributed by atoms with Crippen LogP contribution in [0.5, 0.6) is 0 Å². The van der Waals surface area contributed by atoms with Crippen molar-refractivity contribution in [2.45, 2.75) is 38.6 Å². The molecule has 3 heterocycles. The quantitative estimate of drug-likeness (QED) is 0.843. The first-order chi connectivity index (χ1) is 12.7. The lowest BCUT2D eigenvalue weighted by atomic mass is 9.97. The van der Waals surface area contributed by atoms with Gasteiger partial charge in [-0.1, -0.05) is 12.1 Å². The molecule has 0 radical (unpaired) electrons. The van der Waals surface area contributed by atoms with Crippen LogP contribution in [-0.4, -0.2) is 53.2 Å². The number of fused-ring (bicyclic) bond motifs is 1. The van der Waals surface area contributed by atoms with Crippen molar-refractivity contribution in [3.63, 3.8) is 0 Å². The van der Waals surface area contributed by atoms with E-state index in [0.717, 1.165) is 56.9 Å². The molecule has 2 aliphatic rings. The van der Waals surface area contributed by atoms with E-state index in [9.17, 15) is 4.39 Å². The lowest BCUT2D eigenvalue weighted by molar-refractivity contribution is -0.107. The average molecular weight is 355 g/mol. The molecular formula is C21H26FN3O. The molecule has 2 aliphatic heterocycles. The number of hydrogen-bond donors (Lipinski definition) is 0. The number of pyridine rings is 1. The first kappa shape index (κ1) is 17.6. The lowest BCUT2D eigenvalue weighted by Crippen LogP contribution is -2.59. The molecule has 5 heteroatoms. The molecule has 2 fully saturated rings. The number of morpholine rings is 1. The standard InChI is InChI=1S/C21H26FN3O/c1-16-4-5-19(22)11-18(16)14-24-8-6-21-20(15-24)25(9-10-26-21)13-17-3-2-7-23-12-17/h2-5,7,11-12,20-21H,6,8-10,13-15H2,1H3/t20-,21-/m0/s1. The molecule has 0 N–H and O–H groups in total. The molecule has 138 valence electrons. The molecule has 1 aromatic carbocycles. The van der Waals surface area contributed by atoms with E-state index in [0.29, 0.717) is 12.1 Å². The van der Waals surface area contributed by atoms with Crippen LogP contribution in [0.1, 0.15) is 23.1 Å². The van der Waals surface area contributed by atoms with Gasteiger partial charge in [-0.3, -0.25) is 14.8 Å². The minimum absolute atomic E-state index is 0.153. The Morgan fingerprint density at radius 2 is 2.15 bits per heavy atom. The third-order valence-electron chi connectivity index (χ3n) is 5.60. The highest BCUT2D eigenvalue weighted by molar-refractivity contribution is 5.26. The van der Waals surface area contributed by atoms with Crippen molar-refractivity contribution >= 4 is 0 Å². The molecule has 26 heavy (non-hydrogen) atoms. The summed E-state index contributed by atoms with van der Waals surface area (Å²) in [6.45, 7) is 7.46. The Labute approximate surface area is 154 Å². The third-order valence-corrected chi connectivity index (χ3v) is 5.60. The van der Waals surface area contributed by atoms with Crippen LogP contribution < -0.4 is 0 Å². The molecule has 0 spiro atoms. The summed E-state index contributed by atoms with van der Waals surface area (Å²) in [6.07, 6.45) is 5.09. The Balaban J connectivity index is 1.45. The highest BCUT2D eigenvalue weighted by Gasteiger charge is 2.37. The number of likely N-dealkylation sites (tertiary alicyclic amines) is 1. The largest absolute Gasteiger partial charge is 0.375 e. The van der Waals surface area contributed by atoms with E-state index in [1.54, 1.807) is 6.07 Å². The average Bonchev–Trinajstić information content (AvgIpc) is 2.66. The van der Waals surface area contributed by atoms with Crippen LogP contribution in [0.3, 0.4) is 0 Å². The Kier molecular flexibility index (Phi) is 5.29. The Bertz CT molecular complexity index is 739. The van der Waals surface area contributed by atoms with Gasteiger partial charge in [0.25, 0.3) is 0 Å². The maximum absolute atomic E-state index is 13.6. The first-order valence-electron chi connectivity index (χ1n) is 9.41. The van der Waals surface area contributed by atoms with Crippen LogP contribution in [0.4, 0.5) is 4.39 Å². The molecule has 4 rings (SSSR count). The van der Waals surface area contributed by atoms with Crippen LogP contribution in [0.2, 0.25) is 0 Å². The van der Waals surface area contributed by atoms with Gasteiger partial charge in [-0.25, -0.2) is 4.39 Å². The minimum Gasteiger partial charge on any atom is -0.375 e. The molecule has 0 bridgehead atoms. The van der Waals surface area contributed by atoms with E-state index in [1.165, 1.54) is 11.6 Å². The number of aryl methyl sites for hydroxylation is 1. The zero-order valence-electron chi connectivity index (χ0n) is 15.3. The van der Waals surface area contributed by atoms with Gasteiger partial charge >= 0.3 is 0 Å². The fraction of sp³-hybridized carbons (Fsp3) is 0.476. The van der Waals surface area contributed by atoms with E-state index < -0.39 is 0 Å². The van der Waals surface area contributed by atoms with E-state index >= 15 is 0 Å². The van der Waals surface area contributed by atoms with E-state index in [1.807, 2.05) is 24.5 Å². The van der Waals surface area contributed by atoms with Crippen LogP contribution in [0.25, 0.3) is 0 Å². The first-order valence-corrected chi connectivity index (χ1v) is 9.41. The Morgan fingerprint density at radius 1 is 1.23 bits per heavy atom. The summed E-state index contributed by atoms with van der Waals surface area (Å²) in [5.74, 6) is -0.153. The molecule has 0 unspecified atom stereocenters. The molecule has 2 atom stereocenters. The number of nitrogens with zero attached hydrogens (tertiary/aromatic N) is 3. The maximum Gasteiger partial charge on any atom is 0.123 e. The predicted molar refractivity (Wildman–Crippen MR) is 99.2 cm³/mol. The minimum atomic E-state index is -0.153. The molecule has 2 aromatic rings. The number of rotatable bonds is 4. The van der Waals surface area contributed by atoms with E-state index in [2.05, 4.69) is 27.8 Å². The monoisotopic (exact) mass is 355 g/mol. The van der Waals surface area contributed by atoms with Crippen molar-refractivity contribution in [1.29, 1.82) is 0 Å². The van der Waals surface area contributed by atoms with Crippen molar-refractivity contribution in [2.24, 2.45) is 0 Å². The van der Waals surface area contributed by atoms with E-state index in [-0.39, 0.29) is 5.82 Å². The van der Waals surface area contributed by atoms with Crippen LogP contribution in [0, 0.1) is 12.7 Å². The molecule has 0 amide bonds. The van der Waals surface area contributed by atoms with Gasteiger partial charge in [0.15, 0.2) is 0 Å². The molecular weight excluding hydrogens is 329 g/mol. The summed E-state index contributed by atoms with van der Waals surface area (Å²) in [7, 11) is 0. The van der Waals surface area contributed by atoms with Crippen molar-refractivity contribution in [1.82, 2.24) is 14.8 Å². The fourth-order valence-corrected chi connectivity index (χ4v) is 4.13. The van der Waals surface area contributed by atoms with Gasteiger partial charge in [-0.15, -0.1) is 0 Å². The van der Waals surface area contributed by atoms with Gasteiger partial charge in [0, 0.05) is 51.2 Å². The fourth-order valence-electron chi connectivity index (χ4n) is 4.13. The van der Waals surface area contributed by atoms with Crippen molar-refractivity contribution in [3.05, 3.63) is 65.2 Å². The second-order valence-corrected chi connectivity index (χ2v) is 7.40. The summed E-state index contributed by atoms with van der Waals surface area (Å²) in [6, 6.07) is 9.59. The zero-order chi connectivity index (χ0) is 17.9. The van der Waals surface area contributed by atoms with E-state index in [4.69, 9.17) is 4.74 Å². The van der Waals surface area contributed by atoms with Gasteiger partial charge in [0.05, 0.1) is 12.7 Å². The van der Waals surface area contributed by atoms with Gasteiger partial charge in [-0.05, 0) is 48.2 Å². The number of aromatic nitrogens is 1. The van der Waals surface area contributed by atoms with Gasteiger partial charge in [0.2, 0.25) is 0 Å². The molecule has 2 saturated heterocycles. The molecule has 4 nitrogen and oxygen atoms in total. The van der Waals surface area contributed by atoms with Crippen molar-refractivity contribution in [2.75, 3.05) is 26.2 Å². The number of benzene rings is 1. The van der Waals surface area contributed by atoms with Crippen molar-refractivity contribution < 1.29 is 9.13 Å². The number of hydrogen-bond acceptors (Lipinski definition) is 4. The summed E-state index contributed by atoms with van der Waals surface area (Å²) in [4.78, 5) is 9.20. The highest BCUT2D eigenvalue weighted by atomic mass is 19.1. The summed E-state index contributed by atoms with van der Waals surface area (Å²) < 4.78 is 19.7. The van der Waals surface area contributed by atoms with Crippen molar-refractivity contribution in [3.8, 4) is 0 Å². The predicted octanol–water partition coefficient (Wildman–Crippen LogP) is 3.00. The smallest absolute Gasteiger partial charge is 0.123 e. The van der Waals surface area contributed by atoms with Gasteiger partial charge in [-0.2, -0.15) is 0 Å². The second-order valence-electron chi connectivity index (χ2n) is 7.40. The van der Waals surface area contributed by atoms with Gasteiger partial charge < -0.3 is 4.74 Å². The van der Waals surface area contributed by atoms with Gasteiger partial charge in [0.1, 0.15) is 5.82 Å². The molecule has 1 aromatic heterocycles. The summed E-state index contributed by atoms with van der Waals surface area (Å²) >= 11 is 0. The Hall–Kier alpha value is -1.82. The third kappa shape index (κ3) is 3.95. The number of halogens is 1. The zero-order valence-corrected chi connectivity index (χ0v) is 15.3. The normalized spacial score (nSPS) is 24.4. The summed E-state index contributed by atoms with van der Waals surface area (Å²) in [5.41, 5.74) is 3.48. The topological polar surface area (TPSA) is 28.6 Å². The Morgan fingerprint density at radius 3 is 3.00 bits per heavy atom. The summed E-state index contributed by atoms with van der Waals surface area (Å²) in [5, 5.41) is 0. The number of piperidine rings is 1.